The van der Waals surface area contributed by atoms with Crippen LogP contribution in [0, 0.1) is 16.7 Å². The van der Waals surface area contributed by atoms with Crippen LogP contribution in [-0.2, 0) is 15.5 Å². The van der Waals surface area contributed by atoms with Crippen molar-refractivity contribution in [3.63, 3.8) is 0 Å². The number of benzene rings is 1. The zero-order valence-electron chi connectivity index (χ0n) is 22.8. The molecule has 0 N–H and O–H groups in total. The Labute approximate surface area is 228 Å². The highest BCUT2D eigenvalue weighted by Crippen LogP contribution is 2.37. The van der Waals surface area contributed by atoms with Crippen LogP contribution in [0.5, 0.6) is 0 Å². The summed E-state index contributed by atoms with van der Waals surface area (Å²) in [7, 11) is -2.66. The third kappa shape index (κ3) is 4.86. The number of hydrogen-bond donors (Lipinski definition) is 0. The molecule has 1 aliphatic rings. The predicted molar refractivity (Wildman–Crippen MR) is 150 cm³/mol. The molecule has 0 aliphatic carbocycles. The van der Waals surface area contributed by atoms with Crippen molar-refractivity contribution < 1.29 is 9.00 Å². The van der Waals surface area contributed by atoms with Gasteiger partial charge >= 0.3 is 0 Å². The molecular weight excluding hydrogens is 512 g/mol. The van der Waals surface area contributed by atoms with Crippen molar-refractivity contribution in [2.75, 3.05) is 19.3 Å². The second-order valence-electron chi connectivity index (χ2n) is 11.2. The van der Waals surface area contributed by atoms with Crippen molar-refractivity contribution in [1.29, 1.82) is 5.26 Å². The molecule has 1 saturated heterocycles. The average Bonchev–Trinajstić information content (AvgIpc) is 3.53. The smallest absolute Gasteiger partial charge is 0.237 e. The number of carbonyl (C=O) groups is 1. The van der Waals surface area contributed by atoms with Crippen LogP contribution in [0.15, 0.2) is 65.7 Å². The van der Waals surface area contributed by atoms with Crippen LogP contribution in [0.2, 0.25) is 0 Å². The Morgan fingerprint density at radius 3 is 2.59 bits per heavy atom. The first-order chi connectivity index (χ1) is 18.4. The molecule has 0 amide bonds. The van der Waals surface area contributed by atoms with E-state index in [2.05, 4.69) is 25.5 Å². The first kappa shape index (κ1) is 26.7. The first-order valence-corrected chi connectivity index (χ1v) is 14.6. The van der Waals surface area contributed by atoms with E-state index < -0.39 is 20.9 Å². The minimum absolute atomic E-state index is 0.0597. The van der Waals surface area contributed by atoms with Gasteiger partial charge < -0.3 is 0 Å². The Balaban J connectivity index is 1.43. The molecule has 0 radical (unpaired) electrons. The summed E-state index contributed by atoms with van der Waals surface area (Å²) in [4.78, 5) is 21.8. The summed E-state index contributed by atoms with van der Waals surface area (Å²) >= 11 is 0. The number of aromatic nitrogens is 5. The van der Waals surface area contributed by atoms with Gasteiger partial charge in [-0.3, -0.25) is 14.0 Å². The monoisotopic (exact) mass is 544 g/mol. The highest BCUT2D eigenvalue weighted by molar-refractivity contribution is 7.90. The third-order valence-electron chi connectivity index (χ3n) is 7.15. The third-order valence-corrected chi connectivity index (χ3v) is 9.07. The van der Waals surface area contributed by atoms with Gasteiger partial charge in [0.15, 0.2) is 5.65 Å². The van der Waals surface area contributed by atoms with Gasteiger partial charge in [0.05, 0.1) is 30.4 Å². The largest absolute Gasteiger partial charge is 0.273 e. The molecule has 2 unspecified atom stereocenters. The quantitative estimate of drug-likeness (QED) is 0.347. The van der Waals surface area contributed by atoms with Crippen LogP contribution in [0.25, 0.3) is 22.3 Å². The molecule has 1 aliphatic heterocycles. The van der Waals surface area contributed by atoms with Gasteiger partial charge in [0.2, 0.25) is 5.91 Å². The Morgan fingerprint density at radius 2 is 1.92 bits per heavy atom. The molecule has 0 bridgehead atoms. The number of fused-ring (bicyclic) bond motifs is 1. The van der Waals surface area contributed by atoms with Crippen LogP contribution < -0.4 is 0 Å². The second-order valence-corrected chi connectivity index (χ2v) is 13.4. The molecule has 39 heavy (non-hydrogen) atoms. The van der Waals surface area contributed by atoms with Crippen LogP contribution >= 0.6 is 0 Å². The van der Waals surface area contributed by atoms with Crippen molar-refractivity contribution in [2.24, 2.45) is 9.78 Å². The summed E-state index contributed by atoms with van der Waals surface area (Å²) in [5, 5.41) is 15.0. The van der Waals surface area contributed by atoms with E-state index >= 15 is 0 Å². The van der Waals surface area contributed by atoms with Crippen molar-refractivity contribution in [3.05, 3.63) is 66.9 Å². The highest BCUT2D eigenvalue weighted by atomic mass is 32.2. The van der Waals surface area contributed by atoms with Crippen molar-refractivity contribution in [2.45, 2.75) is 45.7 Å². The van der Waals surface area contributed by atoms with Crippen molar-refractivity contribution >= 4 is 26.9 Å². The second kappa shape index (κ2) is 9.70. The fourth-order valence-corrected chi connectivity index (χ4v) is 6.70. The molecular formula is C28H32N8O2S. The summed E-state index contributed by atoms with van der Waals surface area (Å²) in [6.07, 6.45) is 8.60. The first-order valence-electron chi connectivity index (χ1n) is 12.8. The molecule has 202 valence electrons. The number of nitrogens with zero attached hydrogens (tertiary/aromatic N) is 8. The molecule has 2 atom stereocenters. The van der Waals surface area contributed by atoms with E-state index in [0.29, 0.717) is 24.4 Å². The summed E-state index contributed by atoms with van der Waals surface area (Å²) in [6, 6.07) is 13.7. The Bertz CT molecular complexity index is 1690. The normalized spacial score (nSPS) is 17.6. The Morgan fingerprint density at radius 1 is 1.21 bits per heavy atom. The molecule has 0 saturated carbocycles. The van der Waals surface area contributed by atoms with Gasteiger partial charge in [-0.15, -0.1) is 0 Å². The Hall–Kier alpha value is -3.88. The Kier molecular flexibility index (Phi) is 6.64. The van der Waals surface area contributed by atoms with Gasteiger partial charge in [-0.25, -0.2) is 22.8 Å². The number of nitriles is 1. The fourth-order valence-electron chi connectivity index (χ4n) is 4.90. The summed E-state index contributed by atoms with van der Waals surface area (Å²) in [6.45, 7) is 8.32. The minimum atomic E-state index is -2.66. The lowest BCUT2D eigenvalue weighted by Crippen LogP contribution is -2.63. The van der Waals surface area contributed by atoms with E-state index in [1.807, 2.05) is 74.6 Å². The van der Waals surface area contributed by atoms with Gasteiger partial charge in [0.1, 0.15) is 21.8 Å². The van der Waals surface area contributed by atoms with Crippen molar-refractivity contribution in [1.82, 2.24) is 28.6 Å². The van der Waals surface area contributed by atoms with E-state index in [4.69, 9.17) is 0 Å². The summed E-state index contributed by atoms with van der Waals surface area (Å²) < 4.78 is 23.4. The highest BCUT2D eigenvalue weighted by Gasteiger charge is 2.48. The van der Waals surface area contributed by atoms with E-state index in [1.165, 1.54) is 6.33 Å². The van der Waals surface area contributed by atoms with Gasteiger partial charge in [0.25, 0.3) is 0 Å². The molecule has 0 spiro atoms. The lowest BCUT2D eigenvalue weighted by atomic mass is 9.89. The maximum absolute atomic E-state index is 13.6. The fraction of sp³-hybridized carbons (Fsp3) is 0.393. The van der Waals surface area contributed by atoms with Crippen LogP contribution in [0.3, 0.4) is 0 Å². The molecule has 10 nitrogen and oxygen atoms in total. The summed E-state index contributed by atoms with van der Waals surface area (Å²) in [5.41, 5.74) is 1.75. The van der Waals surface area contributed by atoms with Gasteiger partial charge in [0, 0.05) is 48.1 Å². The van der Waals surface area contributed by atoms with E-state index in [-0.39, 0.29) is 18.4 Å². The van der Waals surface area contributed by atoms with Gasteiger partial charge in [-0.05, 0) is 18.6 Å². The predicted octanol–water partition coefficient (Wildman–Crippen LogP) is 4.68. The number of carbonyl (C=O) groups excluding carboxylic acids is 1. The maximum atomic E-state index is 13.6. The standard InChI is InChI=1S/C28H32N8O2S/c1-20(21-9-7-6-8-10-21)33-39(5,38)34-17-28(18-34,12-13-29)36-16-22(15-32-36)24-23-11-14-35(25(23)31-19-30-24)26(37)27(2,3)4/h6-11,14-16,19-20H,12,17-18H2,1-5H3. The van der Waals surface area contributed by atoms with Gasteiger partial charge in [-0.1, -0.05) is 51.1 Å². The molecule has 1 aromatic carbocycles. The maximum Gasteiger partial charge on any atom is 0.237 e. The van der Waals surface area contributed by atoms with E-state index in [0.717, 1.165) is 16.5 Å². The zero-order valence-corrected chi connectivity index (χ0v) is 23.6. The summed E-state index contributed by atoms with van der Waals surface area (Å²) in [5.74, 6) is -0.0597. The lowest BCUT2D eigenvalue weighted by Gasteiger charge is -2.48. The van der Waals surface area contributed by atoms with Crippen LogP contribution in [-0.4, -0.2) is 58.1 Å². The lowest BCUT2D eigenvalue weighted by molar-refractivity contribution is 0.0753. The molecule has 5 rings (SSSR count). The molecule has 4 aromatic rings. The van der Waals surface area contributed by atoms with E-state index in [1.54, 1.807) is 27.9 Å². The molecule has 4 heterocycles. The zero-order chi connectivity index (χ0) is 28.0. The van der Waals surface area contributed by atoms with Crippen LogP contribution in [0.4, 0.5) is 0 Å². The molecule has 11 heteroatoms. The topological polar surface area (TPSA) is 122 Å². The van der Waals surface area contributed by atoms with Crippen LogP contribution in [0.1, 0.15) is 50.5 Å². The number of hydrogen-bond acceptors (Lipinski definition) is 7. The SMILES string of the molecule is CC(N=S(C)(=O)N1CC(CC#N)(n2cc(-c3ncnc4c3ccn4C(=O)C(C)(C)C)cn2)C1)c1ccccc1. The van der Waals surface area contributed by atoms with Gasteiger partial charge in [-0.2, -0.15) is 10.4 Å². The number of rotatable bonds is 6. The molecule has 3 aromatic heterocycles. The molecule has 1 fully saturated rings. The van der Waals surface area contributed by atoms with E-state index in [9.17, 15) is 14.3 Å². The average molecular weight is 545 g/mol. The van der Waals surface area contributed by atoms with Crippen molar-refractivity contribution in [3.8, 4) is 17.3 Å². The minimum Gasteiger partial charge on any atom is -0.273 e.